The van der Waals surface area contributed by atoms with Crippen molar-refractivity contribution in [3.63, 3.8) is 0 Å². The molecule has 3 heteroatoms. The Morgan fingerprint density at radius 3 is 2.67 bits per heavy atom. The average Bonchev–Trinajstić information content (AvgIpc) is 3.17. The van der Waals surface area contributed by atoms with E-state index in [2.05, 4.69) is 19.2 Å². The molecule has 0 amide bonds. The second-order valence-electron chi connectivity index (χ2n) is 5.60. The summed E-state index contributed by atoms with van der Waals surface area (Å²) in [6, 6.07) is 4.47. The summed E-state index contributed by atoms with van der Waals surface area (Å²) in [5.74, 6) is -0.783. The maximum Gasteiger partial charge on any atom is 0.162 e. The first kappa shape index (κ1) is 13.5. The molecule has 0 saturated heterocycles. The van der Waals surface area contributed by atoms with Crippen LogP contribution in [0.1, 0.15) is 32.3 Å². The summed E-state index contributed by atoms with van der Waals surface area (Å²) in [4.78, 5) is 0. The van der Waals surface area contributed by atoms with E-state index in [4.69, 9.17) is 0 Å². The van der Waals surface area contributed by atoms with Crippen LogP contribution in [-0.4, -0.2) is 13.1 Å². The van der Waals surface area contributed by atoms with Gasteiger partial charge in [0.25, 0.3) is 0 Å². The zero-order valence-corrected chi connectivity index (χ0v) is 11.1. The first-order chi connectivity index (χ1) is 8.57. The van der Waals surface area contributed by atoms with E-state index in [1.54, 1.807) is 12.1 Å². The van der Waals surface area contributed by atoms with Gasteiger partial charge in [0.2, 0.25) is 0 Å². The lowest BCUT2D eigenvalue weighted by atomic mass is 9.78. The highest BCUT2D eigenvalue weighted by Gasteiger charge is 2.41. The highest BCUT2D eigenvalue weighted by atomic mass is 19.2. The summed E-state index contributed by atoms with van der Waals surface area (Å²) < 4.78 is 27.0. The van der Waals surface area contributed by atoms with E-state index in [0.717, 1.165) is 13.1 Å². The van der Waals surface area contributed by atoms with Crippen molar-refractivity contribution in [2.75, 3.05) is 13.1 Å². The molecule has 1 nitrogen and oxygen atoms in total. The van der Waals surface area contributed by atoms with E-state index in [0.29, 0.717) is 17.9 Å². The molecule has 0 heterocycles. The minimum Gasteiger partial charge on any atom is -0.316 e. The Morgan fingerprint density at radius 1 is 1.33 bits per heavy atom. The maximum atomic E-state index is 13.7. The van der Waals surface area contributed by atoms with Crippen LogP contribution in [0.4, 0.5) is 8.78 Å². The number of rotatable bonds is 6. The first-order valence-electron chi connectivity index (χ1n) is 6.70. The lowest BCUT2D eigenvalue weighted by Crippen LogP contribution is -2.35. The standard InChI is InChI=1S/C15H21F2N/c1-3-18-10-15(2,12-7-8-12)9-11-5-4-6-13(16)14(11)17/h4-6,12,18H,3,7-10H2,1-2H3. The van der Waals surface area contributed by atoms with E-state index in [1.165, 1.54) is 18.9 Å². The van der Waals surface area contributed by atoms with E-state index < -0.39 is 11.6 Å². The van der Waals surface area contributed by atoms with Crippen molar-refractivity contribution in [3.05, 3.63) is 35.4 Å². The van der Waals surface area contributed by atoms with Crippen molar-refractivity contribution in [1.29, 1.82) is 0 Å². The molecule has 2 rings (SSSR count). The zero-order valence-electron chi connectivity index (χ0n) is 11.1. The van der Waals surface area contributed by atoms with Crippen molar-refractivity contribution < 1.29 is 8.78 Å². The summed E-state index contributed by atoms with van der Waals surface area (Å²) in [6.45, 7) is 6.02. The Labute approximate surface area is 108 Å². The Balaban J connectivity index is 2.15. The molecule has 1 aromatic rings. The van der Waals surface area contributed by atoms with Gasteiger partial charge in [0.05, 0.1) is 0 Å². The molecule has 1 N–H and O–H groups in total. The second kappa shape index (κ2) is 5.35. The van der Waals surface area contributed by atoms with Gasteiger partial charge in [-0.3, -0.25) is 0 Å². The number of halogens is 2. The molecule has 0 aliphatic heterocycles. The van der Waals surface area contributed by atoms with E-state index in [1.807, 2.05) is 0 Å². The van der Waals surface area contributed by atoms with Crippen LogP contribution in [0, 0.1) is 23.0 Å². The van der Waals surface area contributed by atoms with Gasteiger partial charge in [-0.1, -0.05) is 26.0 Å². The van der Waals surface area contributed by atoms with Crippen LogP contribution in [-0.2, 0) is 6.42 Å². The van der Waals surface area contributed by atoms with Gasteiger partial charge in [-0.2, -0.15) is 0 Å². The molecule has 1 fully saturated rings. The van der Waals surface area contributed by atoms with Crippen molar-refractivity contribution in [3.8, 4) is 0 Å². The summed E-state index contributed by atoms with van der Waals surface area (Å²) >= 11 is 0. The van der Waals surface area contributed by atoms with Gasteiger partial charge in [-0.05, 0) is 48.8 Å². The first-order valence-corrected chi connectivity index (χ1v) is 6.70. The molecule has 1 atom stereocenters. The average molecular weight is 253 g/mol. The molecule has 18 heavy (non-hydrogen) atoms. The lowest BCUT2D eigenvalue weighted by molar-refractivity contribution is 0.254. The van der Waals surface area contributed by atoms with Crippen LogP contribution < -0.4 is 5.32 Å². The summed E-state index contributed by atoms with van der Waals surface area (Å²) in [5.41, 5.74) is 0.535. The van der Waals surface area contributed by atoms with Gasteiger partial charge in [0.1, 0.15) is 0 Å². The molecule has 1 aromatic carbocycles. The van der Waals surface area contributed by atoms with Crippen molar-refractivity contribution in [1.82, 2.24) is 5.32 Å². The van der Waals surface area contributed by atoms with Crippen molar-refractivity contribution in [2.24, 2.45) is 11.3 Å². The third-order valence-electron chi connectivity index (χ3n) is 3.97. The van der Waals surface area contributed by atoms with Crippen molar-refractivity contribution >= 4 is 0 Å². The van der Waals surface area contributed by atoms with E-state index in [-0.39, 0.29) is 5.41 Å². The molecule has 1 aliphatic rings. The monoisotopic (exact) mass is 253 g/mol. The molecule has 0 radical (unpaired) electrons. The smallest absolute Gasteiger partial charge is 0.162 e. The fourth-order valence-electron chi connectivity index (χ4n) is 2.66. The van der Waals surface area contributed by atoms with Crippen LogP contribution in [0.2, 0.25) is 0 Å². The normalized spacial score (nSPS) is 18.7. The Bertz CT molecular complexity index is 415. The van der Waals surface area contributed by atoms with Crippen LogP contribution >= 0.6 is 0 Å². The van der Waals surface area contributed by atoms with Gasteiger partial charge < -0.3 is 5.32 Å². The Hall–Kier alpha value is -0.960. The molecule has 0 bridgehead atoms. The molecule has 1 saturated carbocycles. The molecule has 0 aromatic heterocycles. The van der Waals surface area contributed by atoms with Crippen LogP contribution in [0.25, 0.3) is 0 Å². The van der Waals surface area contributed by atoms with Gasteiger partial charge in [-0.15, -0.1) is 0 Å². The van der Waals surface area contributed by atoms with Gasteiger partial charge in [-0.25, -0.2) is 8.78 Å². The molecular weight excluding hydrogens is 232 g/mol. The summed E-state index contributed by atoms with van der Waals surface area (Å²) in [6.07, 6.45) is 3.02. The zero-order chi connectivity index (χ0) is 13.2. The third kappa shape index (κ3) is 2.89. The molecule has 100 valence electrons. The molecule has 0 spiro atoms. The minimum atomic E-state index is -0.742. The molecule has 1 aliphatic carbocycles. The molecule has 1 unspecified atom stereocenters. The van der Waals surface area contributed by atoms with E-state index >= 15 is 0 Å². The summed E-state index contributed by atoms with van der Waals surface area (Å²) in [7, 11) is 0. The van der Waals surface area contributed by atoms with Gasteiger partial charge in [0.15, 0.2) is 11.6 Å². The number of benzene rings is 1. The summed E-state index contributed by atoms with van der Waals surface area (Å²) in [5, 5.41) is 3.35. The topological polar surface area (TPSA) is 12.0 Å². The fourth-order valence-corrected chi connectivity index (χ4v) is 2.66. The minimum absolute atomic E-state index is 0.0324. The number of nitrogens with one attached hydrogen (secondary N) is 1. The van der Waals surface area contributed by atoms with Gasteiger partial charge >= 0.3 is 0 Å². The number of hydrogen-bond acceptors (Lipinski definition) is 1. The fraction of sp³-hybridized carbons (Fsp3) is 0.600. The van der Waals surface area contributed by atoms with Gasteiger partial charge in [0, 0.05) is 6.54 Å². The quantitative estimate of drug-likeness (QED) is 0.817. The predicted octanol–water partition coefficient (Wildman–Crippen LogP) is 3.53. The van der Waals surface area contributed by atoms with Crippen LogP contribution in [0.15, 0.2) is 18.2 Å². The van der Waals surface area contributed by atoms with Crippen molar-refractivity contribution in [2.45, 2.75) is 33.1 Å². The van der Waals surface area contributed by atoms with Crippen LogP contribution in [0.3, 0.4) is 0 Å². The van der Waals surface area contributed by atoms with Crippen LogP contribution in [0.5, 0.6) is 0 Å². The SMILES string of the molecule is CCNCC(C)(Cc1cccc(F)c1F)C1CC1. The third-order valence-corrected chi connectivity index (χ3v) is 3.97. The molecular formula is C15H21F2N. The highest BCUT2D eigenvalue weighted by Crippen LogP contribution is 2.47. The number of hydrogen-bond donors (Lipinski definition) is 1. The Morgan fingerprint density at radius 2 is 2.06 bits per heavy atom. The Kier molecular flexibility index (Phi) is 4.00. The largest absolute Gasteiger partial charge is 0.316 e. The lowest BCUT2D eigenvalue weighted by Gasteiger charge is -2.30. The predicted molar refractivity (Wildman–Crippen MR) is 69.4 cm³/mol. The maximum absolute atomic E-state index is 13.7. The highest BCUT2D eigenvalue weighted by molar-refractivity contribution is 5.21. The second-order valence-corrected chi connectivity index (χ2v) is 5.60. The van der Waals surface area contributed by atoms with E-state index in [9.17, 15) is 8.78 Å².